The predicted octanol–water partition coefficient (Wildman–Crippen LogP) is 2.04. The standard InChI is InChI=1S/C20H19F2N3O5S/c1-20(19(27)24-28,31(2,29)30)8-9-25-11-23-16-10-12(6-7-14(16)18(25)26)13-4-3-5-15(21)17(13)22/h3-7,10-11,28H,8-9H2,1-2H3,(H,24,27)/t20-/m0/s1. The average Bonchev–Trinajstić information content (AvgIpc) is 2.73. The van der Waals surface area contributed by atoms with E-state index in [0.717, 1.165) is 23.8 Å². The normalized spacial score (nSPS) is 13.7. The fourth-order valence-electron chi connectivity index (χ4n) is 3.13. The number of aryl methyl sites for hydroxylation is 1. The summed E-state index contributed by atoms with van der Waals surface area (Å²) in [5, 5.41) is 9.07. The van der Waals surface area contributed by atoms with Gasteiger partial charge in [-0.15, -0.1) is 0 Å². The smallest absolute Gasteiger partial charge is 0.264 e. The Morgan fingerprint density at radius 3 is 2.61 bits per heavy atom. The van der Waals surface area contributed by atoms with Crippen molar-refractivity contribution in [3.63, 3.8) is 0 Å². The highest BCUT2D eigenvalue weighted by atomic mass is 32.2. The number of halogens is 2. The van der Waals surface area contributed by atoms with Crippen LogP contribution in [0.25, 0.3) is 22.0 Å². The Morgan fingerprint density at radius 1 is 1.26 bits per heavy atom. The van der Waals surface area contributed by atoms with Gasteiger partial charge in [0.1, 0.15) is 0 Å². The molecule has 1 amide bonds. The van der Waals surface area contributed by atoms with Crippen LogP contribution in [-0.4, -0.2) is 40.1 Å². The first kappa shape index (κ1) is 22.5. The zero-order valence-electron chi connectivity index (χ0n) is 16.6. The zero-order chi connectivity index (χ0) is 23.0. The molecule has 31 heavy (non-hydrogen) atoms. The lowest BCUT2D eigenvalue weighted by atomic mass is 10.0. The van der Waals surface area contributed by atoms with E-state index in [9.17, 15) is 26.8 Å². The van der Waals surface area contributed by atoms with E-state index in [-0.39, 0.29) is 29.4 Å². The summed E-state index contributed by atoms with van der Waals surface area (Å²) in [6.45, 7) is 0.978. The van der Waals surface area contributed by atoms with Crippen LogP contribution in [0.15, 0.2) is 47.5 Å². The number of hydrogen-bond donors (Lipinski definition) is 2. The molecule has 2 N–H and O–H groups in total. The molecule has 2 aromatic carbocycles. The van der Waals surface area contributed by atoms with Crippen LogP contribution in [0, 0.1) is 11.6 Å². The third-order valence-corrected chi connectivity index (χ3v) is 7.34. The van der Waals surface area contributed by atoms with Crippen molar-refractivity contribution in [1.82, 2.24) is 15.0 Å². The van der Waals surface area contributed by atoms with Gasteiger partial charge in [0, 0.05) is 18.4 Å². The molecule has 0 saturated heterocycles. The third-order valence-electron chi connectivity index (χ3n) is 5.32. The van der Waals surface area contributed by atoms with Crippen LogP contribution in [0.5, 0.6) is 0 Å². The molecule has 8 nitrogen and oxygen atoms in total. The van der Waals surface area contributed by atoms with Gasteiger partial charge >= 0.3 is 0 Å². The fraction of sp³-hybridized carbons (Fsp3) is 0.250. The molecule has 0 aliphatic rings. The Hall–Kier alpha value is -3.18. The maximum atomic E-state index is 14.1. The van der Waals surface area contributed by atoms with Gasteiger partial charge in [0.25, 0.3) is 11.5 Å². The molecule has 0 radical (unpaired) electrons. The van der Waals surface area contributed by atoms with Crippen molar-refractivity contribution < 1.29 is 27.2 Å². The van der Waals surface area contributed by atoms with Gasteiger partial charge in [-0.05, 0) is 37.1 Å². The number of rotatable bonds is 6. The molecule has 164 valence electrons. The van der Waals surface area contributed by atoms with E-state index in [4.69, 9.17) is 5.21 Å². The molecule has 3 aromatic rings. The third kappa shape index (κ3) is 4.06. The lowest BCUT2D eigenvalue weighted by molar-refractivity contribution is -0.131. The molecule has 0 aliphatic heterocycles. The van der Waals surface area contributed by atoms with Crippen molar-refractivity contribution in [1.29, 1.82) is 0 Å². The number of hydrogen-bond acceptors (Lipinski definition) is 6. The number of nitrogens with zero attached hydrogens (tertiary/aromatic N) is 2. The molecule has 0 fully saturated rings. The minimum atomic E-state index is -3.92. The number of aromatic nitrogens is 2. The summed E-state index contributed by atoms with van der Waals surface area (Å²) < 4.78 is 50.9. The summed E-state index contributed by atoms with van der Waals surface area (Å²) in [5.41, 5.74) is 1.43. The van der Waals surface area contributed by atoms with Crippen molar-refractivity contribution in [3.05, 3.63) is 64.7 Å². The molecule has 0 saturated carbocycles. The molecule has 3 rings (SSSR count). The fourth-order valence-corrected chi connectivity index (χ4v) is 3.98. The SMILES string of the molecule is C[C@](CCn1cnc2cc(-c3cccc(F)c3F)ccc2c1=O)(C(=O)NO)S(C)(=O)=O. The summed E-state index contributed by atoms with van der Waals surface area (Å²) in [4.78, 5) is 28.9. The summed E-state index contributed by atoms with van der Waals surface area (Å²) in [7, 11) is -3.92. The van der Waals surface area contributed by atoms with Crippen molar-refractivity contribution in [3.8, 4) is 11.1 Å². The van der Waals surface area contributed by atoms with E-state index < -0.39 is 37.7 Å². The van der Waals surface area contributed by atoms with Gasteiger partial charge in [-0.2, -0.15) is 0 Å². The summed E-state index contributed by atoms with van der Waals surface area (Å²) in [5.74, 6) is -3.13. The van der Waals surface area contributed by atoms with Crippen LogP contribution in [0.4, 0.5) is 8.78 Å². The summed E-state index contributed by atoms with van der Waals surface area (Å²) in [6.07, 6.45) is 1.74. The first-order valence-electron chi connectivity index (χ1n) is 9.07. The van der Waals surface area contributed by atoms with E-state index in [0.29, 0.717) is 5.56 Å². The lowest BCUT2D eigenvalue weighted by Gasteiger charge is -2.25. The Bertz CT molecular complexity index is 1340. The van der Waals surface area contributed by atoms with Gasteiger partial charge in [0.05, 0.1) is 17.2 Å². The van der Waals surface area contributed by atoms with E-state index in [1.807, 2.05) is 0 Å². The first-order chi connectivity index (χ1) is 14.5. The highest BCUT2D eigenvalue weighted by Gasteiger charge is 2.43. The Kier molecular flexibility index (Phi) is 5.92. The van der Waals surface area contributed by atoms with Gasteiger partial charge in [0.15, 0.2) is 26.2 Å². The molecular weight excluding hydrogens is 432 g/mol. The van der Waals surface area contributed by atoms with Crippen molar-refractivity contribution in [2.75, 3.05) is 6.26 Å². The monoisotopic (exact) mass is 451 g/mol. The summed E-state index contributed by atoms with van der Waals surface area (Å²) in [6, 6.07) is 8.07. The maximum absolute atomic E-state index is 14.1. The molecule has 1 atom stereocenters. The van der Waals surface area contributed by atoms with Gasteiger partial charge < -0.3 is 0 Å². The number of amides is 1. The van der Waals surface area contributed by atoms with E-state index in [2.05, 4.69) is 4.98 Å². The molecule has 0 spiro atoms. The minimum absolute atomic E-state index is 0.0202. The molecule has 1 heterocycles. The highest BCUT2D eigenvalue weighted by Crippen LogP contribution is 2.26. The Labute approximate surface area is 176 Å². The number of hydroxylamine groups is 1. The average molecular weight is 451 g/mol. The minimum Gasteiger partial charge on any atom is -0.299 e. The van der Waals surface area contributed by atoms with E-state index in [1.54, 1.807) is 0 Å². The van der Waals surface area contributed by atoms with Crippen LogP contribution in [-0.2, 0) is 21.2 Å². The molecule has 0 aliphatic carbocycles. The van der Waals surface area contributed by atoms with Crippen LogP contribution >= 0.6 is 0 Å². The number of fused-ring (bicyclic) bond motifs is 1. The van der Waals surface area contributed by atoms with Crippen LogP contribution in [0.3, 0.4) is 0 Å². The molecule has 11 heteroatoms. The highest BCUT2D eigenvalue weighted by molar-refractivity contribution is 7.92. The second kappa shape index (κ2) is 8.16. The quantitative estimate of drug-likeness (QED) is 0.437. The zero-order valence-corrected chi connectivity index (χ0v) is 17.4. The second-order valence-corrected chi connectivity index (χ2v) is 9.72. The number of carbonyl (C=O) groups is 1. The second-order valence-electron chi connectivity index (χ2n) is 7.27. The predicted molar refractivity (Wildman–Crippen MR) is 109 cm³/mol. The number of benzene rings is 2. The van der Waals surface area contributed by atoms with Gasteiger partial charge in [-0.3, -0.25) is 19.4 Å². The number of nitrogens with one attached hydrogen (secondary N) is 1. The largest absolute Gasteiger partial charge is 0.299 e. The van der Waals surface area contributed by atoms with Gasteiger partial charge in [0.2, 0.25) is 0 Å². The van der Waals surface area contributed by atoms with Crippen LogP contribution in [0.2, 0.25) is 0 Å². The number of sulfone groups is 1. The van der Waals surface area contributed by atoms with E-state index >= 15 is 0 Å². The first-order valence-corrected chi connectivity index (χ1v) is 11.0. The molecule has 0 unspecified atom stereocenters. The van der Waals surface area contributed by atoms with E-state index in [1.165, 1.54) is 42.1 Å². The van der Waals surface area contributed by atoms with Crippen LogP contribution < -0.4 is 11.0 Å². The molecule has 1 aromatic heterocycles. The van der Waals surface area contributed by atoms with Crippen molar-refractivity contribution in [2.45, 2.75) is 24.6 Å². The van der Waals surface area contributed by atoms with Gasteiger partial charge in [-0.1, -0.05) is 18.2 Å². The van der Waals surface area contributed by atoms with Crippen molar-refractivity contribution in [2.24, 2.45) is 0 Å². The lowest BCUT2D eigenvalue weighted by Crippen LogP contribution is -2.50. The van der Waals surface area contributed by atoms with Crippen molar-refractivity contribution >= 4 is 26.6 Å². The Balaban J connectivity index is 1.98. The van der Waals surface area contributed by atoms with Gasteiger partial charge in [-0.25, -0.2) is 27.7 Å². The Morgan fingerprint density at radius 2 is 1.97 bits per heavy atom. The number of carbonyl (C=O) groups excluding carboxylic acids is 1. The van der Waals surface area contributed by atoms with Crippen LogP contribution in [0.1, 0.15) is 13.3 Å². The molecule has 0 bridgehead atoms. The maximum Gasteiger partial charge on any atom is 0.264 e. The molecular formula is C20H19F2N3O5S. The topological polar surface area (TPSA) is 118 Å². The summed E-state index contributed by atoms with van der Waals surface area (Å²) >= 11 is 0.